The van der Waals surface area contributed by atoms with Crippen LogP contribution in [0.4, 0.5) is 0 Å². The highest BCUT2D eigenvalue weighted by atomic mass is 35.5. The molecule has 0 unspecified atom stereocenters. The van der Waals surface area contributed by atoms with E-state index in [0.29, 0.717) is 5.17 Å². The number of nitrogens with zero attached hydrogens (tertiary/aromatic N) is 1. The standard InChI is InChI=1S/C2H2Cl2N2S2/c3-2(4)6-1(5)7-8-2/h(H2,5,6). The van der Waals surface area contributed by atoms with Gasteiger partial charge in [-0.05, 0) is 21.6 Å². The number of rotatable bonds is 0. The molecule has 1 aliphatic rings. The molecular weight excluding hydrogens is 187 g/mol. The predicted molar refractivity (Wildman–Crippen MR) is 41.2 cm³/mol. The first-order valence-corrected chi connectivity index (χ1v) is 4.59. The molecule has 6 heteroatoms. The van der Waals surface area contributed by atoms with E-state index in [0.717, 1.165) is 0 Å². The molecule has 1 heterocycles. The molecule has 0 saturated heterocycles. The van der Waals surface area contributed by atoms with E-state index < -0.39 is 3.79 Å². The van der Waals surface area contributed by atoms with Crippen LogP contribution in [0, 0.1) is 0 Å². The second kappa shape index (κ2) is 2.17. The molecule has 0 atom stereocenters. The van der Waals surface area contributed by atoms with E-state index in [4.69, 9.17) is 28.9 Å². The Bertz CT molecular complexity index is 134. The fourth-order valence-corrected chi connectivity index (χ4v) is 2.44. The molecule has 1 aliphatic heterocycles. The molecule has 0 spiro atoms. The number of halogens is 2. The Morgan fingerprint density at radius 2 is 2.25 bits per heavy atom. The van der Waals surface area contributed by atoms with Crippen LogP contribution in [0.3, 0.4) is 0 Å². The van der Waals surface area contributed by atoms with E-state index >= 15 is 0 Å². The molecule has 1 rings (SSSR count). The van der Waals surface area contributed by atoms with Gasteiger partial charge in [0.1, 0.15) is 0 Å². The molecule has 0 aromatic heterocycles. The van der Waals surface area contributed by atoms with Crippen molar-refractivity contribution < 1.29 is 0 Å². The molecule has 46 valence electrons. The lowest BCUT2D eigenvalue weighted by atomic mass is 11.2. The van der Waals surface area contributed by atoms with Crippen molar-refractivity contribution in [2.75, 3.05) is 0 Å². The number of nitrogens with two attached hydrogens (primary N) is 1. The van der Waals surface area contributed by atoms with Crippen LogP contribution in [0.5, 0.6) is 0 Å². The Hall–Kier alpha value is 0.750. The summed E-state index contributed by atoms with van der Waals surface area (Å²) in [4.78, 5) is 3.67. The Morgan fingerprint density at radius 1 is 1.62 bits per heavy atom. The van der Waals surface area contributed by atoms with E-state index in [2.05, 4.69) is 4.99 Å². The summed E-state index contributed by atoms with van der Waals surface area (Å²) in [6, 6.07) is 0. The number of alkyl halides is 2. The quantitative estimate of drug-likeness (QED) is 0.358. The van der Waals surface area contributed by atoms with Gasteiger partial charge >= 0.3 is 0 Å². The van der Waals surface area contributed by atoms with Gasteiger partial charge in [0.25, 0.3) is 3.79 Å². The summed E-state index contributed by atoms with van der Waals surface area (Å²) in [6.07, 6.45) is 0. The molecular formula is C2H2Cl2N2S2. The van der Waals surface area contributed by atoms with Crippen LogP contribution in [0.1, 0.15) is 0 Å². The number of hydrogen-bond donors (Lipinski definition) is 1. The minimum atomic E-state index is -1.05. The molecule has 0 aromatic carbocycles. The van der Waals surface area contributed by atoms with Gasteiger partial charge in [0.15, 0.2) is 5.17 Å². The molecule has 2 N–H and O–H groups in total. The van der Waals surface area contributed by atoms with Crippen molar-refractivity contribution in [3.8, 4) is 0 Å². The second-order valence-electron chi connectivity index (χ2n) is 1.10. The third kappa shape index (κ3) is 1.62. The predicted octanol–water partition coefficient (Wildman–Crippen LogP) is 1.78. The molecule has 0 fully saturated rings. The van der Waals surface area contributed by atoms with E-state index in [1.54, 1.807) is 0 Å². The molecule has 0 aliphatic carbocycles. The fourth-order valence-electron chi connectivity index (χ4n) is 0.258. The van der Waals surface area contributed by atoms with Gasteiger partial charge < -0.3 is 5.73 Å². The summed E-state index contributed by atoms with van der Waals surface area (Å²) in [5.74, 6) is 0. The molecule has 0 saturated carbocycles. The summed E-state index contributed by atoms with van der Waals surface area (Å²) >= 11 is 11.0. The number of amidine groups is 1. The van der Waals surface area contributed by atoms with Gasteiger partial charge in [-0.1, -0.05) is 23.2 Å². The monoisotopic (exact) mass is 188 g/mol. The molecule has 0 bridgehead atoms. The Labute approximate surface area is 64.6 Å². The lowest BCUT2D eigenvalue weighted by Gasteiger charge is -2.00. The van der Waals surface area contributed by atoms with Gasteiger partial charge in [-0.2, -0.15) is 0 Å². The van der Waals surface area contributed by atoms with Crippen molar-refractivity contribution in [3.05, 3.63) is 0 Å². The summed E-state index contributed by atoms with van der Waals surface area (Å²) in [7, 11) is 2.51. The molecule has 0 amide bonds. The lowest BCUT2D eigenvalue weighted by molar-refractivity contribution is 1.20. The highest BCUT2D eigenvalue weighted by Crippen LogP contribution is 2.49. The normalized spacial score (nSPS) is 25.5. The van der Waals surface area contributed by atoms with Gasteiger partial charge in [0.2, 0.25) is 0 Å². The molecule has 0 aromatic rings. The van der Waals surface area contributed by atoms with Gasteiger partial charge in [-0.3, -0.25) is 0 Å². The van der Waals surface area contributed by atoms with E-state index in [1.165, 1.54) is 21.6 Å². The lowest BCUT2D eigenvalue weighted by Crippen LogP contribution is -2.03. The third-order valence-electron chi connectivity index (χ3n) is 0.468. The van der Waals surface area contributed by atoms with Crippen molar-refractivity contribution in [2.45, 2.75) is 3.79 Å². The van der Waals surface area contributed by atoms with Crippen LogP contribution < -0.4 is 5.73 Å². The van der Waals surface area contributed by atoms with E-state index in [1.807, 2.05) is 0 Å². The first kappa shape index (κ1) is 6.86. The van der Waals surface area contributed by atoms with Crippen molar-refractivity contribution in [2.24, 2.45) is 10.7 Å². The minimum Gasteiger partial charge on any atom is -0.378 e. The van der Waals surface area contributed by atoms with Crippen LogP contribution in [-0.4, -0.2) is 8.96 Å². The van der Waals surface area contributed by atoms with Crippen LogP contribution >= 0.6 is 44.8 Å². The van der Waals surface area contributed by atoms with Crippen LogP contribution in [0.2, 0.25) is 0 Å². The van der Waals surface area contributed by atoms with Crippen molar-refractivity contribution in [3.63, 3.8) is 0 Å². The second-order valence-corrected chi connectivity index (χ2v) is 5.18. The largest absolute Gasteiger partial charge is 0.378 e. The van der Waals surface area contributed by atoms with Gasteiger partial charge in [-0.15, -0.1) is 0 Å². The first-order valence-electron chi connectivity index (χ1n) is 1.69. The third-order valence-corrected chi connectivity index (χ3v) is 3.77. The number of hydrogen-bond acceptors (Lipinski definition) is 4. The Morgan fingerprint density at radius 3 is 2.38 bits per heavy atom. The fraction of sp³-hybridized carbons (Fsp3) is 0.500. The zero-order valence-corrected chi connectivity index (χ0v) is 6.74. The van der Waals surface area contributed by atoms with Gasteiger partial charge in [-0.25, -0.2) is 4.99 Å². The smallest absolute Gasteiger partial charge is 0.268 e. The average Bonchev–Trinajstić information content (AvgIpc) is 1.82. The van der Waals surface area contributed by atoms with Gasteiger partial charge in [0, 0.05) is 0 Å². The zero-order valence-electron chi connectivity index (χ0n) is 3.60. The Kier molecular flexibility index (Phi) is 1.86. The maximum atomic E-state index is 5.50. The van der Waals surface area contributed by atoms with Crippen molar-refractivity contribution in [1.82, 2.24) is 0 Å². The number of aliphatic imine (C=N–C) groups is 1. The molecule has 0 radical (unpaired) electrons. The molecule has 2 nitrogen and oxygen atoms in total. The van der Waals surface area contributed by atoms with Crippen LogP contribution in [-0.2, 0) is 0 Å². The van der Waals surface area contributed by atoms with Crippen molar-refractivity contribution in [1.29, 1.82) is 0 Å². The summed E-state index contributed by atoms with van der Waals surface area (Å²) < 4.78 is -1.05. The zero-order chi connectivity index (χ0) is 6.20. The summed E-state index contributed by atoms with van der Waals surface area (Å²) in [5.41, 5.74) is 5.23. The van der Waals surface area contributed by atoms with E-state index in [-0.39, 0.29) is 0 Å². The maximum Gasteiger partial charge on any atom is 0.268 e. The minimum absolute atomic E-state index is 0.431. The van der Waals surface area contributed by atoms with Gasteiger partial charge in [0.05, 0.1) is 0 Å². The summed E-state index contributed by atoms with van der Waals surface area (Å²) in [6.45, 7) is 0. The Balaban J connectivity index is 2.67. The highest BCUT2D eigenvalue weighted by Gasteiger charge is 2.30. The SMILES string of the molecule is NC1=NC(Cl)(Cl)SS1. The summed E-state index contributed by atoms with van der Waals surface area (Å²) in [5, 5.41) is 0.431. The van der Waals surface area contributed by atoms with Crippen molar-refractivity contribution >= 4 is 50.0 Å². The molecule has 8 heavy (non-hydrogen) atoms. The highest BCUT2D eigenvalue weighted by molar-refractivity contribution is 8.83. The topological polar surface area (TPSA) is 38.4 Å². The maximum absolute atomic E-state index is 5.50. The first-order chi connectivity index (χ1) is 3.60. The van der Waals surface area contributed by atoms with Crippen LogP contribution in [0.25, 0.3) is 0 Å². The van der Waals surface area contributed by atoms with E-state index in [9.17, 15) is 0 Å². The average molecular weight is 189 g/mol. The van der Waals surface area contributed by atoms with Crippen LogP contribution in [0.15, 0.2) is 4.99 Å².